The number of aromatic nitrogens is 2. The number of nitrogens with zero attached hydrogens (tertiary/aromatic N) is 3. The van der Waals surface area contributed by atoms with Crippen molar-refractivity contribution in [3.63, 3.8) is 0 Å². The summed E-state index contributed by atoms with van der Waals surface area (Å²) in [4.78, 5) is 10.5. The third-order valence-electron chi connectivity index (χ3n) is 3.71. The quantitative estimate of drug-likeness (QED) is 0.763. The highest BCUT2D eigenvalue weighted by Gasteiger charge is 2.24. The van der Waals surface area contributed by atoms with Crippen LogP contribution in [0.2, 0.25) is 0 Å². The van der Waals surface area contributed by atoms with Gasteiger partial charge in [0.25, 0.3) is 6.47 Å². The van der Waals surface area contributed by atoms with Crippen molar-refractivity contribution in [1.82, 2.24) is 10.2 Å². The van der Waals surface area contributed by atoms with Gasteiger partial charge in [-0.2, -0.15) is 5.10 Å². The molecule has 8 nitrogen and oxygen atoms in total. The van der Waals surface area contributed by atoms with Crippen molar-refractivity contribution >= 4 is 22.3 Å². The molecule has 0 unspecified atom stereocenters. The topological polar surface area (TPSA) is 126 Å². The molecule has 124 valence electrons. The molecule has 0 amide bonds. The van der Waals surface area contributed by atoms with E-state index in [1.54, 1.807) is 6.20 Å². The average molecular weight is 330 g/mol. The second-order valence-corrected chi connectivity index (χ2v) is 7.00. The van der Waals surface area contributed by atoms with Crippen LogP contribution in [0.1, 0.15) is 24.0 Å². The fraction of sp³-hybridized carbons (Fsp3) is 0.615. The van der Waals surface area contributed by atoms with Crippen LogP contribution in [0.15, 0.2) is 6.20 Å². The first kappa shape index (κ1) is 18.3. The van der Waals surface area contributed by atoms with Crippen LogP contribution in [0.25, 0.3) is 0 Å². The summed E-state index contributed by atoms with van der Waals surface area (Å²) in [7, 11) is -3.37. The number of sulfonamides is 1. The molecule has 1 saturated heterocycles. The average Bonchev–Trinajstić information content (AvgIpc) is 2.42. The maximum Gasteiger partial charge on any atom is 0.290 e. The summed E-state index contributed by atoms with van der Waals surface area (Å²) >= 11 is 0. The van der Waals surface area contributed by atoms with Crippen LogP contribution in [0.3, 0.4) is 0 Å². The SMILES string of the molecule is Cc1cnnc(N2CCC(CS(N)(=O)=O)CC2)c1C.O=CO. The smallest absolute Gasteiger partial charge is 0.290 e. The molecule has 1 aliphatic rings. The van der Waals surface area contributed by atoms with Crippen LogP contribution in [0.5, 0.6) is 0 Å². The molecule has 0 aromatic carbocycles. The number of anilines is 1. The van der Waals surface area contributed by atoms with Crippen molar-refractivity contribution in [3.8, 4) is 0 Å². The van der Waals surface area contributed by atoms with Gasteiger partial charge in [-0.25, -0.2) is 13.6 Å². The van der Waals surface area contributed by atoms with Gasteiger partial charge in [0.2, 0.25) is 10.0 Å². The lowest BCUT2D eigenvalue weighted by atomic mass is 9.98. The second-order valence-electron chi connectivity index (χ2n) is 5.34. The van der Waals surface area contributed by atoms with Gasteiger partial charge in [0.05, 0.1) is 11.9 Å². The summed E-state index contributed by atoms with van der Waals surface area (Å²) < 4.78 is 22.2. The molecule has 3 N–H and O–H groups in total. The second kappa shape index (κ2) is 8.04. The van der Waals surface area contributed by atoms with Gasteiger partial charge < -0.3 is 10.0 Å². The van der Waals surface area contributed by atoms with E-state index >= 15 is 0 Å². The minimum absolute atomic E-state index is 0.0827. The fourth-order valence-corrected chi connectivity index (χ4v) is 3.45. The predicted molar refractivity (Wildman–Crippen MR) is 83.1 cm³/mol. The van der Waals surface area contributed by atoms with Crippen molar-refractivity contribution in [3.05, 3.63) is 17.3 Å². The number of hydrogen-bond acceptors (Lipinski definition) is 6. The van der Waals surface area contributed by atoms with E-state index in [4.69, 9.17) is 15.0 Å². The minimum Gasteiger partial charge on any atom is -0.483 e. The van der Waals surface area contributed by atoms with Crippen molar-refractivity contribution in [2.24, 2.45) is 11.1 Å². The highest BCUT2D eigenvalue weighted by atomic mass is 32.2. The molecule has 0 radical (unpaired) electrons. The van der Waals surface area contributed by atoms with Crippen LogP contribution in [0, 0.1) is 19.8 Å². The maximum atomic E-state index is 11.1. The first-order valence-corrected chi connectivity index (χ1v) is 8.62. The number of hydrogen-bond donors (Lipinski definition) is 2. The van der Waals surface area contributed by atoms with Gasteiger partial charge in [-0.3, -0.25) is 4.79 Å². The lowest BCUT2D eigenvalue weighted by Crippen LogP contribution is -2.38. The molecule has 1 aromatic rings. The van der Waals surface area contributed by atoms with Gasteiger partial charge in [0.1, 0.15) is 0 Å². The minimum atomic E-state index is -3.37. The fourth-order valence-electron chi connectivity index (χ4n) is 2.46. The van der Waals surface area contributed by atoms with Crippen LogP contribution < -0.4 is 10.0 Å². The Kier molecular flexibility index (Phi) is 6.69. The highest BCUT2D eigenvalue weighted by molar-refractivity contribution is 7.89. The highest BCUT2D eigenvalue weighted by Crippen LogP contribution is 2.25. The first-order chi connectivity index (χ1) is 10.3. The van der Waals surface area contributed by atoms with Gasteiger partial charge in [-0.15, -0.1) is 5.10 Å². The number of nitrogens with two attached hydrogens (primary N) is 1. The Morgan fingerprint density at radius 2 is 1.95 bits per heavy atom. The summed E-state index contributed by atoms with van der Waals surface area (Å²) in [6.07, 6.45) is 3.41. The Morgan fingerprint density at radius 1 is 1.41 bits per heavy atom. The Bertz CT molecular complexity index is 598. The molecule has 22 heavy (non-hydrogen) atoms. The molecular weight excluding hydrogens is 308 g/mol. The molecule has 0 aliphatic carbocycles. The zero-order chi connectivity index (χ0) is 16.8. The molecule has 2 heterocycles. The Labute approximate surface area is 130 Å². The van der Waals surface area contributed by atoms with E-state index in [0.717, 1.165) is 42.9 Å². The van der Waals surface area contributed by atoms with Gasteiger partial charge in [0.15, 0.2) is 5.82 Å². The molecule has 0 atom stereocenters. The van der Waals surface area contributed by atoms with E-state index in [2.05, 4.69) is 15.1 Å². The summed E-state index contributed by atoms with van der Waals surface area (Å²) in [5, 5.41) is 20.2. The van der Waals surface area contributed by atoms with E-state index in [9.17, 15) is 8.42 Å². The molecule has 0 saturated carbocycles. The van der Waals surface area contributed by atoms with E-state index in [1.807, 2.05) is 13.8 Å². The largest absolute Gasteiger partial charge is 0.483 e. The van der Waals surface area contributed by atoms with Crippen molar-refractivity contribution < 1.29 is 18.3 Å². The number of carboxylic acid groups (broad SMARTS) is 1. The van der Waals surface area contributed by atoms with E-state index in [-0.39, 0.29) is 18.1 Å². The van der Waals surface area contributed by atoms with Gasteiger partial charge in [-0.05, 0) is 43.7 Å². The monoisotopic (exact) mass is 330 g/mol. The van der Waals surface area contributed by atoms with Crippen molar-refractivity contribution in [1.29, 1.82) is 0 Å². The zero-order valence-corrected chi connectivity index (χ0v) is 13.6. The number of aryl methyl sites for hydroxylation is 1. The number of primary sulfonamides is 1. The third kappa shape index (κ3) is 5.57. The summed E-state index contributed by atoms with van der Waals surface area (Å²) in [6.45, 7) is 5.41. The van der Waals surface area contributed by atoms with Crippen LogP contribution in [0.4, 0.5) is 5.82 Å². The molecule has 0 bridgehead atoms. The van der Waals surface area contributed by atoms with E-state index in [1.165, 1.54) is 0 Å². The molecule has 1 aromatic heterocycles. The molecule has 0 spiro atoms. The Hall–Kier alpha value is -1.74. The Balaban J connectivity index is 0.000000745. The van der Waals surface area contributed by atoms with Crippen LogP contribution in [-0.2, 0) is 14.8 Å². The summed E-state index contributed by atoms with van der Waals surface area (Å²) in [5.74, 6) is 1.15. The van der Waals surface area contributed by atoms with Gasteiger partial charge in [-0.1, -0.05) is 0 Å². The number of rotatable bonds is 3. The predicted octanol–water partition coefficient (Wildman–Crippen LogP) is 0.299. The number of piperidine rings is 1. The van der Waals surface area contributed by atoms with Crippen LogP contribution >= 0.6 is 0 Å². The number of carbonyl (C=O) groups is 1. The summed E-state index contributed by atoms with van der Waals surface area (Å²) in [5.41, 5.74) is 2.26. The normalized spacial score (nSPS) is 15.9. The molecular formula is C13H22N4O4S. The van der Waals surface area contributed by atoms with Gasteiger partial charge in [0, 0.05) is 13.1 Å². The van der Waals surface area contributed by atoms with E-state index in [0.29, 0.717) is 0 Å². The molecule has 1 aliphatic heterocycles. The lowest BCUT2D eigenvalue weighted by molar-refractivity contribution is -0.122. The first-order valence-electron chi connectivity index (χ1n) is 6.90. The standard InChI is InChI=1S/C12H20N4O2S.CH2O2/c1-9-7-14-15-12(10(9)2)16-5-3-11(4-6-16)8-19(13,17)18;2-1-3/h7,11H,3-6,8H2,1-2H3,(H2,13,17,18);1H,(H,2,3). The van der Waals surface area contributed by atoms with Crippen LogP contribution in [-0.4, -0.2) is 49.0 Å². The molecule has 1 fully saturated rings. The molecule has 2 rings (SSSR count). The maximum absolute atomic E-state index is 11.1. The zero-order valence-electron chi connectivity index (χ0n) is 12.8. The summed E-state index contributed by atoms with van der Waals surface area (Å²) in [6, 6.07) is 0. The third-order valence-corrected chi connectivity index (χ3v) is 4.65. The Morgan fingerprint density at radius 3 is 2.45 bits per heavy atom. The van der Waals surface area contributed by atoms with E-state index < -0.39 is 10.0 Å². The lowest BCUT2D eigenvalue weighted by Gasteiger charge is -2.33. The van der Waals surface area contributed by atoms with Gasteiger partial charge >= 0.3 is 0 Å². The molecule has 9 heteroatoms. The van der Waals surface area contributed by atoms with Crippen molar-refractivity contribution in [2.75, 3.05) is 23.7 Å². The van der Waals surface area contributed by atoms with Crippen molar-refractivity contribution in [2.45, 2.75) is 26.7 Å².